The van der Waals surface area contributed by atoms with Crippen molar-refractivity contribution in [1.29, 1.82) is 0 Å². The van der Waals surface area contributed by atoms with Crippen LogP contribution in [0.1, 0.15) is 11.7 Å². The summed E-state index contributed by atoms with van der Waals surface area (Å²) in [5, 5.41) is 0.588. The molecule has 1 saturated heterocycles. The van der Waals surface area contributed by atoms with Crippen molar-refractivity contribution >= 4 is 15.9 Å². The van der Waals surface area contributed by atoms with Crippen LogP contribution in [0.25, 0.3) is 0 Å². The lowest BCUT2D eigenvalue weighted by Gasteiger charge is -2.30. The van der Waals surface area contributed by atoms with Crippen LogP contribution in [0.2, 0.25) is 0 Å². The molecule has 1 unspecified atom stereocenters. The van der Waals surface area contributed by atoms with Crippen molar-refractivity contribution in [2.75, 3.05) is 18.5 Å². The van der Waals surface area contributed by atoms with E-state index >= 15 is 0 Å². The molecule has 1 aliphatic heterocycles. The van der Waals surface area contributed by atoms with E-state index in [-0.39, 0.29) is 18.0 Å². The van der Waals surface area contributed by atoms with Crippen LogP contribution in [-0.4, -0.2) is 24.6 Å². The first-order valence-corrected chi connectivity index (χ1v) is 5.97. The van der Waals surface area contributed by atoms with Gasteiger partial charge < -0.3 is 9.47 Å². The Hall–Kier alpha value is -0.450. The summed E-state index contributed by atoms with van der Waals surface area (Å²) in [7, 11) is 0. The molecule has 1 atom stereocenters. The Morgan fingerprint density at radius 3 is 2.73 bits per heavy atom. The monoisotopic (exact) mass is 274 g/mol. The van der Waals surface area contributed by atoms with E-state index in [1.807, 2.05) is 6.07 Å². The van der Waals surface area contributed by atoms with Crippen LogP contribution in [0, 0.1) is 5.82 Å². The number of hydrogen-bond donors (Lipinski definition) is 0. The molecular weight excluding hydrogens is 263 g/mol. The van der Waals surface area contributed by atoms with E-state index in [2.05, 4.69) is 15.9 Å². The Morgan fingerprint density at radius 2 is 2.20 bits per heavy atom. The lowest BCUT2D eigenvalue weighted by atomic mass is 10.1. The summed E-state index contributed by atoms with van der Waals surface area (Å²) in [6, 6.07) is 6.69. The van der Waals surface area contributed by atoms with Crippen molar-refractivity contribution in [3.63, 3.8) is 0 Å². The van der Waals surface area contributed by atoms with Gasteiger partial charge in [-0.05, 0) is 6.07 Å². The molecule has 0 N–H and O–H groups in total. The Balaban J connectivity index is 2.07. The minimum atomic E-state index is -0.236. The lowest BCUT2D eigenvalue weighted by Crippen LogP contribution is -2.37. The summed E-state index contributed by atoms with van der Waals surface area (Å²) in [6.45, 7) is 1.22. The molecule has 0 saturated carbocycles. The maximum absolute atomic E-state index is 13.5. The molecule has 0 bridgehead atoms. The van der Waals surface area contributed by atoms with Crippen molar-refractivity contribution in [1.82, 2.24) is 0 Å². The molecule has 0 aliphatic carbocycles. The first kappa shape index (κ1) is 11.0. The van der Waals surface area contributed by atoms with Gasteiger partial charge in [0.25, 0.3) is 0 Å². The minimum absolute atomic E-state index is 0.104. The quantitative estimate of drug-likeness (QED) is 0.786. The third-order valence-corrected chi connectivity index (χ3v) is 2.94. The van der Waals surface area contributed by atoms with E-state index in [1.165, 1.54) is 6.07 Å². The summed E-state index contributed by atoms with van der Waals surface area (Å²) in [4.78, 5) is 0. The van der Waals surface area contributed by atoms with Crippen molar-refractivity contribution in [3.8, 4) is 0 Å². The maximum Gasteiger partial charge on any atom is 0.129 e. The fourth-order valence-corrected chi connectivity index (χ4v) is 1.96. The first-order chi connectivity index (χ1) is 7.31. The van der Waals surface area contributed by atoms with Gasteiger partial charge in [-0.2, -0.15) is 0 Å². The van der Waals surface area contributed by atoms with Crippen LogP contribution < -0.4 is 0 Å². The zero-order chi connectivity index (χ0) is 10.7. The van der Waals surface area contributed by atoms with Crippen LogP contribution >= 0.6 is 15.9 Å². The highest BCUT2D eigenvalue weighted by molar-refractivity contribution is 9.09. The third kappa shape index (κ3) is 2.56. The van der Waals surface area contributed by atoms with Crippen LogP contribution in [0.3, 0.4) is 0 Å². The molecule has 1 aromatic rings. The second-order valence-corrected chi connectivity index (χ2v) is 4.11. The van der Waals surface area contributed by atoms with E-state index < -0.39 is 0 Å². The zero-order valence-electron chi connectivity index (χ0n) is 8.16. The Bertz CT molecular complexity index is 328. The topological polar surface area (TPSA) is 18.5 Å². The van der Waals surface area contributed by atoms with Gasteiger partial charge >= 0.3 is 0 Å². The normalized spacial score (nSPS) is 18.5. The van der Waals surface area contributed by atoms with E-state index in [1.54, 1.807) is 12.1 Å². The van der Waals surface area contributed by atoms with E-state index in [0.717, 1.165) is 0 Å². The minimum Gasteiger partial charge on any atom is -0.376 e. The molecule has 1 aromatic carbocycles. The molecule has 82 valence electrons. The molecule has 15 heavy (non-hydrogen) atoms. The average Bonchev–Trinajstić information content (AvgIpc) is 2.19. The summed E-state index contributed by atoms with van der Waals surface area (Å²) in [5.74, 6) is -0.220. The lowest BCUT2D eigenvalue weighted by molar-refractivity contribution is -0.151. The van der Waals surface area contributed by atoms with Gasteiger partial charge in [-0.15, -0.1) is 0 Å². The molecule has 0 spiro atoms. The number of benzene rings is 1. The van der Waals surface area contributed by atoms with Gasteiger partial charge in [0.15, 0.2) is 0 Å². The van der Waals surface area contributed by atoms with Crippen molar-refractivity contribution < 1.29 is 13.9 Å². The predicted molar refractivity (Wildman–Crippen MR) is 58.6 cm³/mol. The summed E-state index contributed by atoms with van der Waals surface area (Å²) < 4.78 is 24.2. The zero-order valence-corrected chi connectivity index (χ0v) is 9.74. The average molecular weight is 275 g/mol. The maximum atomic E-state index is 13.5. The largest absolute Gasteiger partial charge is 0.376 e. The van der Waals surface area contributed by atoms with Crippen LogP contribution in [0.4, 0.5) is 4.39 Å². The molecule has 0 radical (unpaired) electrons. The molecular formula is C11H12BrFO2. The van der Waals surface area contributed by atoms with Gasteiger partial charge in [0.05, 0.1) is 19.3 Å². The molecule has 0 amide bonds. The summed E-state index contributed by atoms with van der Waals surface area (Å²) in [6.07, 6.45) is -0.132. The Kier molecular flexibility index (Phi) is 3.72. The number of rotatable bonds is 4. The summed E-state index contributed by atoms with van der Waals surface area (Å²) >= 11 is 3.34. The van der Waals surface area contributed by atoms with Gasteiger partial charge in [-0.1, -0.05) is 34.1 Å². The molecule has 1 fully saturated rings. The number of alkyl halides is 1. The number of ether oxygens (including phenoxy) is 2. The number of halogens is 2. The Labute approximate surface area is 96.5 Å². The highest BCUT2D eigenvalue weighted by atomic mass is 79.9. The van der Waals surface area contributed by atoms with Gasteiger partial charge in [0.2, 0.25) is 0 Å². The highest BCUT2D eigenvalue weighted by Gasteiger charge is 2.25. The van der Waals surface area contributed by atoms with Gasteiger partial charge in [-0.25, -0.2) is 4.39 Å². The third-order valence-electron chi connectivity index (χ3n) is 2.36. The SMILES string of the molecule is Fc1ccccc1C(CBr)OC1COC1. The van der Waals surface area contributed by atoms with Crippen molar-refractivity contribution in [2.24, 2.45) is 0 Å². The summed E-state index contributed by atoms with van der Waals surface area (Å²) in [5.41, 5.74) is 0.598. The Morgan fingerprint density at radius 1 is 1.47 bits per heavy atom. The fraction of sp³-hybridized carbons (Fsp3) is 0.455. The molecule has 0 aromatic heterocycles. The van der Waals surface area contributed by atoms with Crippen molar-refractivity contribution in [2.45, 2.75) is 12.2 Å². The van der Waals surface area contributed by atoms with E-state index in [4.69, 9.17) is 9.47 Å². The van der Waals surface area contributed by atoms with E-state index in [0.29, 0.717) is 24.1 Å². The second-order valence-electron chi connectivity index (χ2n) is 3.46. The predicted octanol–water partition coefficient (Wildman–Crippen LogP) is 2.68. The van der Waals surface area contributed by atoms with Gasteiger partial charge in [0.1, 0.15) is 11.9 Å². The second kappa shape index (κ2) is 5.05. The van der Waals surface area contributed by atoms with Crippen molar-refractivity contribution in [3.05, 3.63) is 35.6 Å². The molecule has 2 rings (SSSR count). The highest BCUT2D eigenvalue weighted by Crippen LogP contribution is 2.25. The van der Waals surface area contributed by atoms with Crippen LogP contribution in [0.15, 0.2) is 24.3 Å². The number of hydrogen-bond acceptors (Lipinski definition) is 2. The first-order valence-electron chi connectivity index (χ1n) is 4.85. The van der Waals surface area contributed by atoms with Crippen LogP contribution in [-0.2, 0) is 9.47 Å². The van der Waals surface area contributed by atoms with Gasteiger partial charge in [-0.3, -0.25) is 0 Å². The molecule has 2 nitrogen and oxygen atoms in total. The molecule has 4 heteroatoms. The molecule has 1 aliphatic rings. The van der Waals surface area contributed by atoms with Crippen LogP contribution in [0.5, 0.6) is 0 Å². The van der Waals surface area contributed by atoms with Gasteiger partial charge in [0, 0.05) is 10.9 Å². The fourth-order valence-electron chi connectivity index (χ4n) is 1.45. The standard InChI is InChI=1S/C11H12BrFO2/c12-5-11(15-8-6-14-7-8)9-3-1-2-4-10(9)13/h1-4,8,11H,5-7H2. The molecule has 1 heterocycles. The smallest absolute Gasteiger partial charge is 0.129 e. The van der Waals surface area contributed by atoms with E-state index in [9.17, 15) is 4.39 Å².